The van der Waals surface area contributed by atoms with Crippen LogP contribution in [0.15, 0.2) is 0 Å². The van der Waals surface area contributed by atoms with Crippen LogP contribution in [0.1, 0.15) is 12.8 Å². The molecule has 0 aromatic rings. The van der Waals surface area contributed by atoms with Gasteiger partial charge in [-0.1, -0.05) is 0 Å². The van der Waals surface area contributed by atoms with Crippen molar-refractivity contribution in [2.45, 2.75) is 37.1 Å². The van der Waals surface area contributed by atoms with E-state index >= 15 is 0 Å². The van der Waals surface area contributed by atoms with Crippen LogP contribution in [-0.4, -0.2) is 35.9 Å². The van der Waals surface area contributed by atoms with E-state index in [0.29, 0.717) is 12.8 Å². The van der Waals surface area contributed by atoms with Crippen molar-refractivity contribution >= 4 is 0 Å². The summed E-state index contributed by atoms with van der Waals surface area (Å²) in [6.07, 6.45) is -4.49. The standard InChI is InChI=1S/C8H12F3NO/c9-4-3-12-8(1-2-8)5(6(4)13)7(10)11/h4-7,12-13H,1-3H2/t4-,5-,6-/m0/s1. The first-order chi connectivity index (χ1) is 6.07. The van der Waals surface area contributed by atoms with Gasteiger partial charge in [0, 0.05) is 12.1 Å². The van der Waals surface area contributed by atoms with E-state index in [1.54, 1.807) is 0 Å². The fourth-order valence-electron chi connectivity index (χ4n) is 2.13. The SMILES string of the molecule is O[C@@H]1[C@@H](C(F)F)C2(CC2)NC[C@@H]1F. The van der Waals surface area contributed by atoms with Crippen molar-refractivity contribution in [2.75, 3.05) is 6.54 Å². The number of piperidine rings is 1. The molecule has 0 unspecified atom stereocenters. The summed E-state index contributed by atoms with van der Waals surface area (Å²) in [5.41, 5.74) is -0.670. The van der Waals surface area contributed by atoms with Crippen molar-refractivity contribution < 1.29 is 18.3 Å². The van der Waals surface area contributed by atoms with Gasteiger partial charge in [0.1, 0.15) is 6.17 Å². The average molecular weight is 195 g/mol. The monoisotopic (exact) mass is 195 g/mol. The van der Waals surface area contributed by atoms with Crippen LogP contribution in [0.2, 0.25) is 0 Å². The zero-order chi connectivity index (χ0) is 9.64. The summed E-state index contributed by atoms with van der Waals surface area (Å²) in [6.45, 7) is -0.00954. The topological polar surface area (TPSA) is 32.3 Å². The second-order valence-electron chi connectivity index (χ2n) is 3.90. The summed E-state index contributed by atoms with van der Waals surface area (Å²) in [6, 6.07) is 0. The smallest absolute Gasteiger partial charge is 0.245 e. The number of rotatable bonds is 1. The van der Waals surface area contributed by atoms with Gasteiger partial charge in [0.25, 0.3) is 0 Å². The molecular weight excluding hydrogens is 183 g/mol. The molecule has 1 heterocycles. The highest BCUT2D eigenvalue weighted by molar-refractivity contribution is 5.13. The fourth-order valence-corrected chi connectivity index (χ4v) is 2.13. The third-order valence-electron chi connectivity index (χ3n) is 3.09. The van der Waals surface area contributed by atoms with E-state index in [9.17, 15) is 18.3 Å². The quantitative estimate of drug-likeness (QED) is 0.645. The molecule has 2 nitrogen and oxygen atoms in total. The molecule has 2 N–H and O–H groups in total. The van der Waals surface area contributed by atoms with Crippen LogP contribution in [-0.2, 0) is 0 Å². The first-order valence-electron chi connectivity index (χ1n) is 4.42. The molecule has 0 radical (unpaired) electrons. The van der Waals surface area contributed by atoms with Gasteiger partial charge < -0.3 is 10.4 Å². The Bertz CT molecular complexity index is 208. The Kier molecular flexibility index (Phi) is 2.03. The summed E-state index contributed by atoms with van der Waals surface area (Å²) < 4.78 is 37.9. The number of aliphatic hydroxyl groups is 1. The van der Waals surface area contributed by atoms with Gasteiger partial charge in [-0.05, 0) is 12.8 Å². The van der Waals surface area contributed by atoms with E-state index in [4.69, 9.17) is 0 Å². The molecule has 2 rings (SSSR count). The van der Waals surface area contributed by atoms with Crippen LogP contribution in [0.25, 0.3) is 0 Å². The molecule has 2 aliphatic rings. The van der Waals surface area contributed by atoms with Crippen LogP contribution in [0, 0.1) is 5.92 Å². The average Bonchev–Trinajstić information content (AvgIpc) is 2.79. The third kappa shape index (κ3) is 1.34. The third-order valence-corrected chi connectivity index (χ3v) is 3.09. The predicted octanol–water partition coefficient (Wildman–Crippen LogP) is 0.703. The van der Waals surface area contributed by atoms with E-state index < -0.39 is 30.2 Å². The van der Waals surface area contributed by atoms with E-state index in [2.05, 4.69) is 5.32 Å². The first kappa shape index (κ1) is 9.27. The van der Waals surface area contributed by atoms with Crippen LogP contribution in [0.3, 0.4) is 0 Å². The van der Waals surface area contributed by atoms with Crippen LogP contribution in [0.4, 0.5) is 13.2 Å². The number of alkyl halides is 3. The minimum atomic E-state index is -2.65. The van der Waals surface area contributed by atoms with Gasteiger partial charge in [-0.2, -0.15) is 0 Å². The zero-order valence-corrected chi connectivity index (χ0v) is 7.01. The minimum absolute atomic E-state index is 0.00954. The first-order valence-corrected chi connectivity index (χ1v) is 4.42. The van der Waals surface area contributed by atoms with Gasteiger partial charge in [0.15, 0.2) is 0 Å². The molecule has 0 aromatic carbocycles. The maximum atomic E-state index is 12.9. The summed E-state index contributed by atoms with van der Waals surface area (Å²) in [5, 5.41) is 12.1. The molecule has 1 aliphatic carbocycles. The molecule has 0 amide bonds. The second-order valence-corrected chi connectivity index (χ2v) is 3.90. The highest BCUT2D eigenvalue weighted by Gasteiger charge is 2.59. The lowest BCUT2D eigenvalue weighted by Gasteiger charge is -2.38. The fraction of sp³-hybridized carbons (Fsp3) is 1.00. The summed E-state index contributed by atoms with van der Waals surface area (Å²) in [7, 11) is 0. The molecular formula is C8H12F3NO. The Balaban J connectivity index is 2.16. The second kappa shape index (κ2) is 2.85. The van der Waals surface area contributed by atoms with Crippen LogP contribution >= 0.6 is 0 Å². The van der Waals surface area contributed by atoms with Crippen molar-refractivity contribution in [2.24, 2.45) is 5.92 Å². The Morgan fingerprint density at radius 2 is 2.00 bits per heavy atom. The maximum absolute atomic E-state index is 12.9. The lowest BCUT2D eigenvalue weighted by atomic mass is 9.85. The molecule has 3 atom stereocenters. The largest absolute Gasteiger partial charge is 0.389 e. The van der Waals surface area contributed by atoms with Crippen LogP contribution in [0.5, 0.6) is 0 Å². The molecule has 1 aliphatic heterocycles. The molecule has 0 aromatic heterocycles. The molecule has 13 heavy (non-hydrogen) atoms. The number of hydrogen-bond acceptors (Lipinski definition) is 2. The molecule has 5 heteroatoms. The van der Waals surface area contributed by atoms with Gasteiger partial charge in [0.05, 0.1) is 12.0 Å². The van der Waals surface area contributed by atoms with Gasteiger partial charge in [-0.25, -0.2) is 13.2 Å². The lowest BCUT2D eigenvalue weighted by Crippen LogP contribution is -2.59. The molecule has 1 saturated heterocycles. The number of halogens is 3. The van der Waals surface area contributed by atoms with Crippen molar-refractivity contribution in [3.8, 4) is 0 Å². The van der Waals surface area contributed by atoms with E-state index in [0.717, 1.165) is 0 Å². The Morgan fingerprint density at radius 3 is 2.46 bits per heavy atom. The predicted molar refractivity (Wildman–Crippen MR) is 40.4 cm³/mol. The van der Waals surface area contributed by atoms with Gasteiger partial charge in [0.2, 0.25) is 6.43 Å². The van der Waals surface area contributed by atoms with Gasteiger partial charge >= 0.3 is 0 Å². The van der Waals surface area contributed by atoms with E-state index in [1.807, 2.05) is 0 Å². The number of hydrogen-bond donors (Lipinski definition) is 2. The Morgan fingerprint density at radius 1 is 1.38 bits per heavy atom. The number of aliphatic hydroxyl groups excluding tert-OH is 1. The van der Waals surface area contributed by atoms with Gasteiger partial charge in [-0.15, -0.1) is 0 Å². The van der Waals surface area contributed by atoms with Crippen LogP contribution < -0.4 is 5.32 Å². The highest BCUT2D eigenvalue weighted by atomic mass is 19.3. The van der Waals surface area contributed by atoms with Crippen molar-refractivity contribution in [1.82, 2.24) is 5.32 Å². The van der Waals surface area contributed by atoms with E-state index in [1.165, 1.54) is 0 Å². The van der Waals surface area contributed by atoms with Crippen molar-refractivity contribution in [1.29, 1.82) is 0 Å². The normalized spacial score (nSPS) is 42.7. The molecule has 76 valence electrons. The molecule has 2 fully saturated rings. The zero-order valence-electron chi connectivity index (χ0n) is 7.01. The number of nitrogens with one attached hydrogen (secondary N) is 1. The molecule has 1 saturated carbocycles. The van der Waals surface area contributed by atoms with Crippen molar-refractivity contribution in [3.05, 3.63) is 0 Å². The van der Waals surface area contributed by atoms with Gasteiger partial charge in [-0.3, -0.25) is 0 Å². The highest BCUT2D eigenvalue weighted by Crippen LogP contribution is 2.49. The Hall–Kier alpha value is -0.290. The van der Waals surface area contributed by atoms with E-state index in [-0.39, 0.29) is 6.54 Å². The molecule has 1 spiro atoms. The van der Waals surface area contributed by atoms with Crippen molar-refractivity contribution in [3.63, 3.8) is 0 Å². The minimum Gasteiger partial charge on any atom is -0.389 e. The maximum Gasteiger partial charge on any atom is 0.245 e. The lowest BCUT2D eigenvalue weighted by molar-refractivity contribution is -0.0859. The summed E-state index contributed by atoms with van der Waals surface area (Å²) >= 11 is 0. The summed E-state index contributed by atoms with van der Waals surface area (Å²) in [5.74, 6) is -1.24. The molecule has 0 bridgehead atoms. The Labute approximate surface area is 74.1 Å². The summed E-state index contributed by atoms with van der Waals surface area (Å²) in [4.78, 5) is 0.